The van der Waals surface area contributed by atoms with Gasteiger partial charge in [-0.05, 0) is 47.9 Å². The smallest absolute Gasteiger partial charge is 0.0317 e. The first-order valence-corrected chi connectivity index (χ1v) is 6.30. The van der Waals surface area contributed by atoms with Crippen LogP contribution in [0.2, 0.25) is 0 Å². The lowest BCUT2D eigenvalue weighted by Gasteiger charge is -2.21. The Bertz CT molecular complexity index is 407. The fourth-order valence-electron chi connectivity index (χ4n) is 2.87. The predicted molar refractivity (Wildman–Crippen MR) is 66.9 cm³/mol. The van der Waals surface area contributed by atoms with Crippen LogP contribution in [-0.2, 0) is 13.1 Å². The molecule has 0 amide bonds. The Hall–Kier alpha value is -1.02. The molecule has 1 aromatic carbocycles. The minimum absolute atomic E-state index is 0.660. The van der Waals surface area contributed by atoms with Crippen molar-refractivity contribution in [1.82, 2.24) is 4.90 Å². The van der Waals surface area contributed by atoms with E-state index in [4.69, 9.17) is 5.73 Å². The Labute approximate surface area is 97.4 Å². The highest BCUT2D eigenvalue weighted by Gasteiger charge is 2.42. The zero-order chi connectivity index (χ0) is 11.2. The summed E-state index contributed by atoms with van der Waals surface area (Å²) in [7, 11) is 0. The van der Waals surface area contributed by atoms with Gasteiger partial charge >= 0.3 is 0 Å². The fraction of sp³-hybridized carbons (Fsp3) is 0.571. The van der Waals surface area contributed by atoms with Gasteiger partial charge < -0.3 is 5.73 Å². The van der Waals surface area contributed by atoms with Gasteiger partial charge in [-0.1, -0.05) is 13.0 Å². The van der Waals surface area contributed by atoms with E-state index < -0.39 is 0 Å². The maximum absolute atomic E-state index is 5.82. The Morgan fingerprint density at radius 3 is 2.69 bits per heavy atom. The zero-order valence-corrected chi connectivity index (χ0v) is 10.00. The van der Waals surface area contributed by atoms with E-state index in [0.717, 1.165) is 18.8 Å². The first-order valence-electron chi connectivity index (χ1n) is 6.30. The molecule has 1 saturated carbocycles. The topological polar surface area (TPSA) is 29.3 Å². The molecule has 86 valence electrons. The summed E-state index contributed by atoms with van der Waals surface area (Å²) in [6, 6.07) is 6.35. The lowest BCUT2D eigenvalue weighted by Crippen LogP contribution is -2.25. The zero-order valence-electron chi connectivity index (χ0n) is 10.00. The molecule has 0 unspecified atom stereocenters. The molecule has 0 radical (unpaired) electrons. The first-order chi connectivity index (χ1) is 7.71. The minimum Gasteiger partial charge on any atom is -0.399 e. The summed E-state index contributed by atoms with van der Waals surface area (Å²) in [5.74, 6) is 0. The van der Waals surface area contributed by atoms with Gasteiger partial charge in [-0.25, -0.2) is 0 Å². The third-order valence-electron chi connectivity index (χ3n) is 4.28. The maximum Gasteiger partial charge on any atom is 0.0317 e. The van der Waals surface area contributed by atoms with Crippen molar-refractivity contribution in [3.05, 3.63) is 29.3 Å². The van der Waals surface area contributed by atoms with Crippen molar-refractivity contribution in [1.29, 1.82) is 0 Å². The molecule has 3 rings (SSSR count). The Balaban J connectivity index is 1.71. The van der Waals surface area contributed by atoms with Crippen molar-refractivity contribution in [2.24, 2.45) is 5.41 Å². The number of nitrogen functional groups attached to an aromatic ring is 1. The van der Waals surface area contributed by atoms with E-state index in [1.54, 1.807) is 0 Å². The molecule has 0 bridgehead atoms. The molecule has 2 N–H and O–H groups in total. The maximum atomic E-state index is 5.82. The minimum atomic E-state index is 0.660. The van der Waals surface area contributed by atoms with Gasteiger partial charge in [0.05, 0.1) is 0 Å². The highest BCUT2D eigenvalue weighted by atomic mass is 15.1. The second-order valence-corrected chi connectivity index (χ2v) is 5.53. The van der Waals surface area contributed by atoms with E-state index in [0.29, 0.717) is 5.41 Å². The second kappa shape index (κ2) is 3.49. The van der Waals surface area contributed by atoms with Crippen molar-refractivity contribution in [2.45, 2.75) is 39.3 Å². The second-order valence-electron chi connectivity index (χ2n) is 5.53. The molecule has 0 aromatic heterocycles. The van der Waals surface area contributed by atoms with Crippen LogP contribution in [0.3, 0.4) is 0 Å². The summed E-state index contributed by atoms with van der Waals surface area (Å²) in [6.45, 7) is 5.83. The number of hydrogen-bond acceptors (Lipinski definition) is 2. The van der Waals surface area contributed by atoms with Gasteiger partial charge in [0.15, 0.2) is 0 Å². The van der Waals surface area contributed by atoms with Crippen LogP contribution < -0.4 is 5.73 Å². The highest BCUT2D eigenvalue weighted by Crippen LogP contribution is 2.49. The van der Waals surface area contributed by atoms with E-state index >= 15 is 0 Å². The van der Waals surface area contributed by atoms with Crippen molar-refractivity contribution < 1.29 is 0 Å². The molecular formula is C14H20N2. The summed E-state index contributed by atoms with van der Waals surface area (Å²) in [6.07, 6.45) is 4.19. The SMILES string of the molecule is CCC1(CN2Cc3ccc(N)cc3C2)CC1. The van der Waals surface area contributed by atoms with Crippen LogP contribution in [0.1, 0.15) is 37.3 Å². The van der Waals surface area contributed by atoms with E-state index in [2.05, 4.69) is 24.0 Å². The molecule has 2 aliphatic rings. The van der Waals surface area contributed by atoms with E-state index in [9.17, 15) is 0 Å². The van der Waals surface area contributed by atoms with Gasteiger partial charge in [-0.3, -0.25) is 4.90 Å². The molecule has 1 aliphatic heterocycles. The molecule has 2 heteroatoms. The summed E-state index contributed by atoms with van der Waals surface area (Å²) in [5, 5.41) is 0. The molecule has 16 heavy (non-hydrogen) atoms. The van der Waals surface area contributed by atoms with Crippen LogP contribution in [-0.4, -0.2) is 11.4 Å². The predicted octanol–water partition coefficient (Wildman–Crippen LogP) is 2.77. The lowest BCUT2D eigenvalue weighted by molar-refractivity contribution is 0.219. The Morgan fingerprint density at radius 1 is 1.25 bits per heavy atom. The van der Waals surface area contributed by atoms with Crippen molar-refractivity contribution in [3.8, 4) is 0 Å². The van der Waals surface area contributed by atoms with Crippen molar-refractivity contribution in [3.63, 3.8) is 0 Å². The summed E-state index contributed by atoms with van der Waals surface area (Å²) >= 11 is 0. The normalized spacial score (nSPS) is 22.1. The Morgan fingerprint density at radius 2 is 2.00 bits per heavy atom. The summed E-state index contributed by atoms with van der Waals surface area (Å²) in [5.41, 5.74) is 10.3. The summed E-state index contributed by atoms with van der Waals surface area (Å²) in [4.78, 5) is 2.58. The molecule has 1 aromatic rings. The number of anilines is 1. The van der Waals surface area contributed by atoms with Crippen molar-refractivity contribution >= 4 is 5.69 Å². The monoisotopic (exact) mass is 216 g/mol. The van der Waals surface area contributed by atoms with Crippen LogP contribution in [0.25, 0.3) is 0 Å². The van der Waals surface area contributed by atoms with E-state index in [1.807, 2.05) is 6.07 Å². The van der Waals surface area contributed by atoms with Crippen LogP contribution in [0.15, 0.2) is 18.2 Å². The quantitative estimate of drug-likeness (QED) is 0.787. The first kappa shape index (κ1) is 10.2. The number of nitrogens with zero attached hydrogens (tertiary/aromatic N) is 1. The molecule has 1 fully saturated rings. The molecular weight excluding hydrogens is 196 g/mol. The summed E-state index contributed by atoms with van der Waals surface area (Å²) < 4.78 is 0. The number of fused-ring (bicyclic) bond motifs is 1. The third-order valence-corrected chi connectivity index (χ3v) is 4.28. The molecule has 1 heterocycles. The molecule has 0 spiro atoms. The van der Waals surface area contributed by atoms with E-state index in [-0.39, 0.29) is 0 Å². The van der Waals surface area contributed by atoms with Gasteiger partial charge in [0.2, 0.25) is 0 Å². The van der Waals surface area contributed by atoms with Crippen LogP contribution >= 0.6 is 0 Å². The largest absolute Gasteiger partial charge is 0.399 e. The van der Waals surface area contributed by atoms with Crippen LogP contribution in [0, 0.1) is 5.41 Å². The molecule has 0 atom stereocenters. The van der Waals surface area contributed by atoms with Gasteiger partial charge in [0, 0.05) is 25.3 Å². The third kappa shape index (κ3) is 1.71. The van der Waals surface area contributed by atoms with Crippen LogP contribution in [0.4, 0.5) is 5.69 Å². The number of benzene rings is 1. The molecule has 0 saturated heterocycles. The van der Waals surface area contributed by atoms with Gasteiger partial charge in [-0.15, -0.1) is 0 Å². The number of nitrogens with two attached hydrogens (primary N) is 1. The highest BCUT2D eigenvalue weighted by molar-refractivity contribution is 5.46. The standard InChI is InChI=1S/C14H20N2/c1-2-14(5-6-14)10-16-8-11-3-4-13(15)7-12(11)9-16/h3-4,7H,2,5-6,8-10,15H2,1H3. The molecule has 1 aliphatic carbocycles. The van der Waals surface area contributed by atoms with Gasteiger partial charge in [0.1, 0.15) is 0 Å². The molecule has 2 nitrogen and oxygen atoms in total. The van der Waals surface area contributed by atoms with Crippen LogP contribution in [0.5, 0.6) is 0 Å². The number of rotatable bonds is 3. The average Bonchev–Trinajstić information content (AvgIpc) is 2.92. The van der Waals surface area contributed by atoms with Gasteiger partial charge in [-0.2, -0.15) is 0 Å². The van der Waals surface area contributed by atoms with E-state index in [1.165, 1.54) is 36.9 Å². The Kier molecular flexibility index (Phi) is 2.21. The average molecular weight is 216 g/mol. The van der Waals surface area contributed by atoms with Gasteiger partial charge in [0.25, 0.3) is 0 Å². The fourth-order valence-corrected chi connectivity index (χ4v) is 2.87. The van der Waals surface area contributed by atoms with Crippen molar-refractivity contribution in [2.75, 3.05) is 12.3 Å². The lowest BCUT2D eigenvalue weighted by atomic mass is 10.0. The number of hydrogen-bond donors (Lipinski definition) is 1.